The molecule has 0 aliphatic carbocycles. The number of likely N-dealkylation sites (tertiary alicyclic amines) is 1. The summed E-state index contributed by atoms with van der Waals surface area (Å²) in [6, 6.07) is 12.4. The van der Waals surface area contributed by atoms with Gasteiger partial charge in [-0.15, -0.1) is 0 Å². The summed E-state index contributed by atoms with van der Waals surface area (Å²) in [6.45, 7) is 6.00. The Hall–Kier alpha value is -3.07. The molecule has 33 heavy (non-hydrogen) atoms. The lowest BCUT2D eigenvalue weighted by Gasteiger charge is -2.34. The predicted octanol–water partition coefficient (Wildman–Crippen LogP) is 5.76. The SMILES string of the molecule is CCOc1ccccc1OC1CCN(C(C)c2nc(-c3cccc(C(F)(F)F)c3)no2)CC1. The normalized spacial score (nSPS) is 16.5. The lowest BCUT2D eigenvalue weighted by Crippen LogP contribution is -2.39. The summed E-state index contributed by atoms with van der Waals surface area (Å²) >= 11 is 0. The highest BCUT2D eigenvalue weighted by atomic mass is 19.4. The molecule has 0 radical (unpaired) electrons. The Morgan fingerprint density at radius 2 is 1.82 bits per heavy atom. The molecule has 3 aromatic rings. The molecule has 1 unspecified atom stereocenters. The zero-order chi connectivity index (χ0) is 23.4. The van der Waals surface area contributed by atoms with E-state index in [0.29, 0.717) is 12.5 Å². The summed E-state index contributed by atoms with van der Waals surface area (Å²) in [7, 11) is 0. The van der Waals surface area contributed by atoms with Crippen LogP contribution < -0.4 is 9.47 Å². The van der Waals surface area contributed by atoms with Gasteiger partial charge >= 0.3 is 6.18 Å². The third-order valence-corrected chi connectivity index (χ3v) is 5.71. The topological polar surface area (TPSA) is 60.6 Å². The van der Waals surface area contributed by atoms with Crippen molar-refractivity contribution in [2.45, 2.75) is 45.0 Å². The number of rotatable bonds is 7. The van der Waals surface area contributed by atoms with Gasteiger partial charge in [0, 0.05) is 18.7 Å². The van der Waals surface area contributed by atoms with Gasteiger partial charge in [0.05, 0.1) is 18.2 Å². The summed E-state index contributed by atoms with van der Waals surface area (Å²) < 4.78 is 56.2. The van der Waals surface area contributed by atoms with Gasteiger partial charge in [-0.2, -0.15) is 18.2 Å². The van der Waals surface area contributed by atoms with Crippen LogP contribution in [0, 0.1) is 0 Å². The van der Waals surface area contributed by atoms with Gasteiger partial charge in [0.25, 0.3) is 0 Å². The molecule has 4 rings (SSSR count). The Morgan fingerprint density at radius 3 is 2.52 bits per heavy atom. The van der Waals surface area contributed by atoms with Gasteiger partial charge in [0.2, 0.25) is 11.7 Å². The van der Waals surface area contributed by atoms with Crippen molar-refractivity contribution in [1.29, 1.82) is 0 Å². The quantitative estimate of drug-likeness (QED) is 0.446. The third kappa shape index (κ3) is 5.47. The van der Waals surface area contributed by atoms with Crippen LogP contribution in [0.1, 0.15) is 44.2 Å². The molecule has 176 valence electrons. The van der Waals surface area contributed by atoms with E-state index in [0.717, 1.165) is 49.6 Å². The van der Waals surface area contributed by atoms with Crippen molar-refractivity contribution in [2.75, 3.05) is 19.7 Å². The lowest BCUT2D eigenvalue weighted by atomic mass is 10.1. The Bertz CT molecular complexity index is 1060. The summed E-state index contributed by atoms with van der Waals surface area (Å²) in [6.07, 6.45) is -2.72. The minimum atomic E-state index is -4.43. The minimum Gasteiger partial charge on any atom is -0.490 e. The van der Waals surface area contributed by atoms with Crippen molar-refractivity contribution in [2.24, 2.45) is 0 Å². The second kappa shape index (κ2) is 9.82. The van der Waals surface area contributed by atoms with Gasteiger partial charge in [-0.25, -0.2) is 0 Å². The van der Waals surface area contributed by atoms with Crippen LogP contribution in [-0.4, -0.2) is 40.8 Å². The van der Waals surface area contributed by atoms with Crippen molar-refractivity contribution >= 4 is 0 Å². The summed E-state index contributed by atoms with van der Waals surface area (Å²) in [4.78, 5) is 6.57. The minimum absolute atomic E-state index is 0.0680. The molecule has 0 bridgehead atoms. The van der Waals surface area contributed by atoms with Crippen LogP contribution in [0.2, 0.25) is 0 Å². The highest BCUT2D eigenvalue weighted by Crippen LogP contribution is 2.33. The fourth-order valence-electron chi connectivity index (χ4n) is 3.90. The molecule has 1 fully saturated rings. The number of ether oxygens (including phenoxy) is 2. The monoisotopic (exact) mass is 461 g/mol. The van der Waals surface area contributed by atoms with Crippen LogP contribution in [0.4, 0.5) is 13.2 Å². The van der Waals surface area contributed by atoms with Crippen LogP contribution in [-0.2, 0) is 6.18 Å². The molecule has 1 aromatic heterocycles. The first-order valence-corrected chi connectivity index (χ1v) is 11.0. The highest BCUT2D eigenvalue weighted by molar-refractivity contribution is 5.55. The number of para-hydroxylation sites is 2. The standard InChI is InChI=1S/C24H26F3N3O3/c1-3-31-20-9-4-5-10-21(20)32-19-11-13-30(14-12-19)16(2)23-28-22(29-33-23)17-7-6-8-18(15-17)24(25,26)27/h4-10,15-16,19H,3,11-14H2,1-2H3. The number of alkyl halides is 3. The molecule has 1 aliphatic rings. The first kappa shape index (κ1) is 23.1. The molecule has 6 nitrogen and oxygen atoms in total. The predicted molar refractivity (Wildman–Crippen MR) is 116 cm³/mol. The summed E-state index contributed by atoms with van der Waals surface area (Å²) in [5, 5.41) is 3.90. The number of hydrogen-bond acceptors (Lipinski definition) is 6. The van der Waals surface area contributed by atoms with Gasteiger partial charge in [0.15, 0.2) is 11.5 Å². The molecule has 1 saturated heterocycles. The molecule has 1 atom stereocenters. The maximum absolute atomic E-state index is 13.0. The van der Waals surface area contributed by atoms with Crippen molar-refractivity contribution in [3.8, 4) is 22.9 Å². The lowest BCUT2D eigenvalue weighted by molar-refractivity contribution is -0.137. The highest BCUT2D eigenvalue weighted by Gasteiger charge is 2.31. The molecule has 9 heteroatoms. The number of nitrogens with zero attached hydrogens (tertiary/aromatic N) is 3. The zero-order valence-electron chi connectivity index (χ0n) is 18.5. The average molecular weight is 461 g/mol. The number of benzene rings is 2. The number of halogens is 3. The van der Waals surface area contributed by atoms with Gasteiger partial charge in [-0.3, -0.25) is 4.90 Å². The molecule has 2 heterocycles. The number of hydrogen-bond donors (Lipinski definition) is 0. The Labute approximate surface area is 190 Å². The molecule has 1 aliphatic heterocycles. The maximum Gasteiger partial charge on any atom is 0.416 e. The van der Waals surface area contributed by atoms with Gasteiger partial charge in [-0.1, -0.05) is 29.4 Å². The van der Waals surface area contributed by atoms with Crippen molar-refractivity contribution in [3.63, 3.8) is 0 Å². The van der Waals surface area contributed by atoms with E-state index in [1.165, 1.54) is 12.1 Å². The van der Waals surface area contributed by atoms with Crippen molar-refractivity contribution in [1.82, 2.24) is 15.0 Å². The van der Waals surface area contributed by atoms with Gasteiger partial charge in [-0.05, 0) is 51.0 Å². The molecule has 0 N–H and O–H groups in total. The fraction of sp³-hybridized carbons (Fsp3) is 0.417. The molecule has 0 amide bonds. The number of piperidine rings is 1. The third-order valence-electron chi connectivity index (χ3n) is 5.71. The Kier molecular flexibility index (Phi) is 6.88. The number of aromatic nitrogens is 2. The van der Waals surface area contributed by atoms with Gasteiger partial charge in [0.1, 0.15) is 6.10 Å². The molecular weight excluding hydrogens is 435 g/mol. The smallest absolute Gasteiger partial charge is 0.416 e. The second-order valence-corrected chi connectivity index (χ2v) is 7.94. The first-order valence-electron chi connectivity index (χ1n) is 11.0. The first-order chi connectivity index (χ1) is 15.8. The maximum atomic E-state index is 13.0. The van der Waals surface area contributed by atoms with E-state index in [-0.39, 0.29) is 23.5 Å². The molecule has 2 aromatic carbocycles. The second-order valence-electron chi connectivity index (χ2n) is 7.94. The fourth-order valence-corrected chi connectivity index (χ4v) is 3.90. The van der Waals surface area contributed by atoms with Gasteiger partial charge < -0.3 is 14.0 Å². The largest absolute Gasteiger partial charge is 0.490 e. The van der Waals surface area contributed by atoms with Crippen LogP contribution in [0.3, 0.4) is 0 Å². The molecular formula is C24H26F3N3O3. The summed E-state index contributed by atoms with van der Waals surface area (Å²) in [5.41, 5.74) is -0.473. The van der Waals surface area contributed by atoms with Crippen molar-refractivity contribution in [3.05, 3.63) is 60.0 Å². The van der Waals surface area contributed by atoms with E-state index in [1.807, 2.05) is 38.1 Å². The van der Waals surface area contributed by atoms with Crippen LogP contribution in [0.25, 0.3) is 11.4 Å². The van der Waals surface area contributed by atoms with E-state index < -0.39 is 11.7 Å². The molecule has 0 saturated carbocycles. The average Bonchev–Trinajstić information content (AvgIpc) is 3.31. The van der Waals surface area contributed by atoms with Crippen LogP contribution >= 0.6 is 0 Å². The van der Waals surface area contributed by atoms with Crippen LogP contribution in [0.5, 0.6) is 11.5 Å². The van der Waals surface area contributed by atoms with E-state index >= 15 is 0 Å². The van der Waals surface area contributed by atoms with E-state index in [2.05, 4.69) is 15.0 Å². The van der Waals surface area contributed by atoms with E-state index in [1.54, 1.807) is 0 Å². The van der Waals surface area contributed by atoms with Crippen LogP contribution in [0.15, 0.2) is 53.1 Å². The zero-order valence-corrected chi connectivity index (χ0v) is 18.5. The van der Waals surface area contributed by atoms with E-state index in [9.17, 15) is 13.2 Å². The molecule has 0 spiro atoms. The Balaban J connectivity index is 1.37. The van der Waals surface area contributed by atoms with E-state index in [4.69, 9.17) is 14.0 Å². The van der Waals surface area contributed by atoms with Crippen molar-refractivity contribution < 1.29 is 27.2 Å². The summed E-state index contributed by atoms with van der Waals surface area (Å²) in [5.74, 6) is 2.01. The Morgan fingerprint density at radius 1 is 1.09 bits per heavy atom.